The fourth-order valence-corrected chi connectivity index (χ4v) is 2.99. The zero-order chi connectivity index (χ0) is 14.8. The molecule has 20 heavy (non-hydrogen) atoms. The number of nitrogens with two attached hydrogens (primary N) is 1. The van der Waals surface area contributed by atoms with E-state index in [1.54, 1.807) is 11.3 Å². The Morgan fingerprint density at radius 3 is 2.95 bits per heavy atom. The first-order chi connectivity index (χ1) is 9.33. The van der Waals surface area contributed by atoms with E-state index in [4.69, 9.17) is 5.73 Å². The Labute approximate surface area is 130 Å². The van der Waals surface area contributed by atoms with Crippen LogP contribution in [0.2, 0.25) is 0 Å². The molecule has 1 aromatic carbocycles. The number of amides is 1. The molecule has 0 radical (unpaired) electrons. The highest BCUT2D eigenvalue weighted by Crippen LogP contribution is 2.25. The second-order valence-corrected chi connectivity index (χ2v) is 7.52. The lowest BCUT2D eigenvalue weighted by Gasteiger charge is -2.18. The molecule has 0 saturated carbocycles. The topological polar surface area (TPSA) is 68.0 Å². The van der Waals surface area contributed by atoms with Crippen molar-refractivity contribution >= 4 is 43.4 Å². The molecule has 1 amide bonds. The average Bonchev–Trinajstić information content (AvgIpc) is 2.75. The first-order valence-electron chi connectivity index (χ1n) is 6.44. The lowest BCUT2D eigenvalue weighted by Crippen LogP contribution is -2.45. The summed E-state index contributed by atoms with van der Waals surface area (Å²) in [4.78, 5) is 16.3. The summed E-state index contributed by atoms with van der Waals surface area (Å²) in [7, 11) is 0. The van der Waals surface area contributed by atoms with Crippen molar-refractivity contribution in [2.75, 3.05) is 6.54 Å². The van der Waals surface area contributed by atoms with Gasteiger partial charge in [-0.15, -0.1) is 11.3 Å². The van der Waals surface area contributed by atoms with Crippen LogP contribution >= 0.6 is 27.3 Å². The summed E-state index contributed by atoms with van der Waals surface area (Å²) in [6, 6.07) is 6.03. The SMILES string of the molecule is CC(C)(N)CNC(=O)CCc1nc2cc(Br)ccc2s1. The summed E-state index contributed by atoms with van der Waals surface area (Å²) >= 11 is 5.07. The maximum Gasteiger partial charge on any atom is 0.220 e. The molecule has 0 aliphatic heterocycles. The molecule has 0 saturated heterocycles. The van der Waals surface area contributed by atoms with E-state index in [9.17, 15) is 4.79 Å². The van der Waals surface area contributed by atoms with Crippen molar-refractivity contribution in [2.45, 2.75) is 32.2 Å². The van der Waals surface area contributed by atoms with Crippen LogP contribution in [0.3, 0.4) is 0 Å². The largest absolute Gasteiger partial charge is 0.354 e. The second-order valence-electron chi connectivity index (χ2n) is 5.48. The molecule has 0 aliphatic rings. The minimum Gasteiger partial charge on any atom is -0.354 e. The molecule has 0 spiro atoms. The minimum atomic E-state index is -0.377. The first-order valence-corrected chi connectivity index (χ1v) is 8.05. The Kier molecular flexibility index (Phi) is 4.78. The smallest absolute Gasteiger partial charge is 0.220 e. The number of fused-ring (bicyclic) bond motifs is 1. The number of carbonyl (C=O) groups excluding carboxylic acids is 1. The number of hydrogen-bond acceptors (Lipinski definition) is 4. The Bertz CT molecular complexity index is 618. The molecule has 1 aromatic heterocycles. The summed E-state index contributed by atoms with van der Waals surface area (Å²) < 4.78 is 2.16. The molecule has 6 heteroatoms. The highest BCUT2D eigenvalue weighted by Gasteiger charge is 2.13. The van der Waals surface area contributed by atoms with Gasteiger partial charge < -0.3 is 11.1 Å². The van der Waals surface area contributed by atoms with E-state index < -0.39 is 0 Å². The van der Waals surface area contributed by atoms with Crippen LogP contribution in [-0.2, 0) is 11.2 Å². The van der Waals surface area contributed by atoms with E-state index in [2.05, 4.69) is 26.2 Å². The predicted molar refractivity (Wildman–Crippen MR) is 86.9 cm³/mol. The third-order valence-electron chi connectivity index (χ3n) is 2.70. The van der Waals surface area contributed by atoms with E-state index in [0.717, 1.165) is 19.7 Å². The molecule has 0 aliphatic carbocycles. The number of carbonyl (C=O) groups is 1. The molecular formula is C14H18BrN3OS. The fraction of sp³-hybridized carbons (Fsp3) is 0.429. The van der Waals surface area contributed by atoms with Crippen molar-refractivity contribution in [3.8, 4) is 0 Å². The van der Waals surface area contributed by atoms with Crippen LogP contribution in [0, 0.1) is 0 Å². The predicted octanol–water partition coefficient (Wildman–Crippen LogP) is 2.84. The lowest BCUT2D eigenvalue weighted by atomic mass is 10.1. The Morgan fingerprint density at radius 2 is 2.25 bits per heavy atom. The molecule has 4 nitrogen and oxygen atoms in total. The fourth-order valence-electron chi connectivity index (χ4n) is 1.69. The number of halogens is 1. The molecule has 0 atom stereocenters. The number of nitrogens with one attached hydrogen (secondary N) is 1. The van der Waals surface area contributed by atoms with Gasteiger partial charge in [0.25, 0.3) is 0 Å². The molecule has 108 valence electrons. The van der Waals surface area contributed by atoms with E-state index in [0.29, 0.717) is 19.4 Å². The molecule has 2 aromatic rings. The van der Waals surface area contributed by atoms with Crippen LogP contribution in [0.25, 0.3) is 10.2 Å². The van der Waals surface area contributed by atoms with Gasteiger partial charge in [0.1, 0.15) is 0 Å². The summed E-state index contributed by atoms with van der Waals surface area (Å²) in [5.41, 5.74) is 6.42. The number of aryl methyl sites for hydroxylation is 1. The van der Waals surface area contributed by atoms with Crippen molar-refractivity contribution in [1.82, 2.24) is 10.3 Å². The molecule has 1 heterocycles. The quantitative estimate of drug-likeness (QED) is 0.866. The molecule has 0 bridgehead atoms. The highest BCUT2D eigenvalue weighted by molar-refractivity contribution is 9.10. The van der Waals surface area contributed by atoms with Crippen molar-refractivity contribution in [3.05, 3.63) is 27.7 Å². The van der Waals surface area contributed by atoms with Crippen LogP contribution in [-0.4, -0.2) is 23.0 Å². The van der Waals surface area contributed by atoms with E-state index >= 15 is 0 Å². The Hall–Kier alpha value is -0.980. The summed E-state index contributed by atoms with van der Waals surface area (Å²) in [6.07, 6.45) is 1.10. The van der Waals surface area contributed by atoms with Gasteiger partial charge in [-0.05, 0) is 32.0 Å². The molecule has 0 fully saturated rings. The van der Waals surface area contributed by atoms with Crippen molar-refractivity contribution < 1.29 is 4.79 Å². The Morgan fingerprint density at radius 1 is 1.50 bits per heavy atom. The molecule has 3 N–H and O–H groups in total. The molecule has 0 unspecified atom stereocenters. The highest BCUT2D eigenvalue weighted by atomic mass is 79.9. The number of rotatable bonds is 5. The van der Waals surface area contributed by atoms with Crippen LogP contribution in [0.4, 0.5) is 0 Å². The molecular weight excluding hydrogens is 338 g/mol. The van der Waals surface area contributed by atoms with Crippen molar-refractivity contribution in [1.29, 1.82) is 0 Å². The lowest BCUT2D eigenvalue weighted by molar-refractivity contribution is -0.121. The number of benzene rings is 1. The monoisotopic (exact) mass is 355 g/mol. The van der Waals surface area contributed by atoms with Crippen LogP contribution < -0.4 is 11.1 Å². The number of nitrogens with zero attached hydrogens (tertiary/aromatic N) is 1. The third-order valence-corrected chi connectivity index (χ3v) is 4.29. The van der Waals surface area contributed by atoms with Gasteiger partial charge in [0.15, 0.2) is 0 Å². The maximum absolute atomic E-state index is 11.7. The maximum atomic E-state index is 11.7. The van der Waals surface area contributed by atoms with Crippen molar-refractivity contribution in [3.63, 3.8) is 0 Å². The van der Waals surface area contributed by atoms with Gasteiger partial charge in [0, 0.05) is 29.4 Å². The minimum absolute atomic E-state index is 0.0176. The van der Waals surface area contributed by atoms with Gasteiger partial charge in [-0.25, -0.2) is 4.98 Å². The van der Waals surface area contributed by atoms with Gasteiger partial charge in [0.2, 0.25) is 5.91 Å². The first kappa shape index (κ1) is 15.4. The number of aromatic nitrogens is 1. The van der Waals surface area contributed by atoms with E-state index in [-0.39, 0.29) is 11.4 Å². The summed E-state index contributed by atoms with van der Waals surface area (Å²) in [5, 5.41) is 3.83. The number of hydrogen-bond donors (Lipinski definition) is 2. The standard InChI is InChI=1S/C14H18BrN3OS/c1-14(2,16)8-17-12(19)5-6-13-18-10-7-9(15)3-4-11(10)20-13/h3-4,7H,5-6,8,16H2,1-2H3,(H,17,19). The second kappa shape index (κ2) is 6.20. The molecule has 2 rings (SSSR count). The van der Waals surface area contributed by atoms with Crippen LogP contribution in [0.15, 0.2) is 22.7 Å². The van der Waals surface area contributed by atoms with Gasteiger partial charge >= 0.3 is 0 Å². The average molecular weight is 356 g/mol. The third kappa shape index (κ3) is 4.54. The normalized spacial score (nSPS) is 11.8. The zero-order valence-electron chi connectivity index (χ0n) is 11.6. The van der Waals surface area contributed by atoms with Gasteiger partial charge in [0.05, 0.1) is 15.2 Å². The summed E-state index contributed by atoms with van der Waals surface area (Å²) in [5.74, 6) is 0.0176. The van der Waals surface area contributed by atoms with Crippen LogP contribution in [0.5, 0.6) is 0 Å². The van der Waals surface area contributed by atoms with Gasteiger partial charge in [-0.3, -0.25) is 4.79 Å². The van der Waals surface area contributed by atoms with Crippen LogP contribution in [0.1, 0.15) is 25.3 Å². The van der Waals surface area contributed by atoms with Crippen molar-refractivity contribution in [2.24, 2.45) is 5.73 Å². The number of thiazole rings is 1. The summed E-state index contributed by atoms with van der Waals surface area (Å²) in [6.45, 7) is 4.26. The van der Waals surface area contributed by atoms with Gasteiger partial charge in [-0.1, -0.05) is 15.9 Å². The van der Waals surface area contributed by atoms with Gasteiger partial charge in [-0.2, -0.15) is 0 Å². The van der Waals surface area contributed by atoms with E-state index in [1.807, 2.05) is 32.0 Å². The zero-order valence-corrected chi connectivity index (χ0v) is 14.0. The Balaban J connectivity index is 1.91. The van der Waals surface area contributed by atoms with E-state index in [1.165, 1.54) is 0 Å².